The number of hydrogen-bond acceptors (Lipinski definition) is 4. The van der Waals surface area contributed by atoms with E-state index in [0.29, 0.717) is 24.3 Å². The van der Waals surface area contributed by atoms with Crippen molar-refractivity contribution in [2.24, 2.45) is 5.92 Å². The molecule has 0 aliphatic carbocycles. The minimum Gasteiger partial charge on any atom is -0.508 e. The lowest BCUT2D eigenvalue weighted by Crippen LogP contribution is -2.49. The number of nitrogens with one attached hydrogen (secondary N) is 1. The Labute approximate surface area is 167 Å². The van der Waals surface area contributed by atoms with Gasteiger partial charge in [0.25, 0.3) is 5.91 Å². The standard InChI is InChI=1S/C22H33FN2O3/c1-16-10-18(12-19(26)11-16)20(27)24-15-22(23)5-7-25(8-6-22)14-17-4-9-28-21(2,3)13-17/h10-12,17,26H,4-9,13-15H2,1-3H3,(H,24,27). The monoisotopic (exact) mass is 392 g/mol. The highest BCUT2D eigenvalue weighted by atomic mass is 19.1. The predicted molar refractivity (Wildman–Crippen MR) is 107 cm³/mol. The predicted octanol–water partition coefficient (Wildman–Crippen LogP) is 3.44. The number of carbonyl (C=O) groups excluding carboxylic acids is 1. The van der Waals surface area contributed by atoms with E-state index < -0.39 is 5.67 Å². The minimum atomic E-state index is -1.37. The number of amides is 1. The maximum absolute atomic E-state index is 15.2. The molecule has 1 unspecified atom stereocenters. The van der Waals surface area contributed by atoms with Crippen LogP contribution in [0.3, 0.4) is 0 Å². The molecule has 1 aromatic carbocycles. The zero-order valence-corrected chi connectivity index (χ0v) is 17.3. The molecule has 0 bridgehead atoms. The molecule has 1 amide bonds. The Morgan fingerprint density at radius 1 is 1.32 bits per heavy atom. The third kappa shape index (κ3) is 5.67. The van der Waals surface area contributed by atoms with Gasteiger partial charge in [-0.15, -0.1) is 0 Å². The summed E-state index contributed by atoms with van der Waals surface area (Å²) < 4.78 is 21.0. The summed E-state index contributed by atoms with van der Waals surface area (Å²) in [5.74, 6) is 0.303. The molecule has 5 nitrogen and oxygen atoms in total. The number of nitrogens with zero attached hydrogens (tertiary/aromatic N) is 1. The highest BCUT2D eigenvalue weighted by Crippen LogP contribution is 2.31. The third-order valence-corrected chi connectivity index (χ3v) is 5.96. The molecular formula is C22H33FN2O3. The van der Waals surface area contributed by atoms with Crippen molar-refractivity contribution in [2.45, 2.75) is 57.7 Å². The number of aryl methyl sites for hydroxylation is 1. The van der Waals surface area contributed by atoms with Gasteiger partial charge in [0.2, 0.25) is 0 Å². The number of piperidine rings is 1. The van der Waals surface area contributed by atoms with E-state index in [1.807, 2.05) is 6.92 Å². The van der Waals surface area contributed by atoms with Crippen LogP contribution in [-0.2, 0) is 4.74 Å². The molecule has 2 N–H and O–H groups in total. The first-order valence-corrected chi connectivity index (χ1v) is 10.3. The molecule has 1 aromatic rings. The lowest BCUT2D eigenvalue weighted by Gasteiger charge is -2.41. The molecule has 1 atom stereocenters. The molecule has 156 valence electrons. The number of benzene rings is 1. The van der Waals surface area contributed by atoms with E-state index >= 15 is 4.39 Å². The van der Waals surface area contributed by atoms with E-state index in [1.54, 1.807) is 12.1 Å². The van der Waals surface area contributed by atoms with Crippen LogP contribution in [0.5, 0.6) is 5.75 Å². The normalized spacial score (nSPS) is 24.6. The number of ether oxygens (including phenoxy) is 1. The summed E-state index contributed by atoms with van der Waals surface area (Å²) in [5.41, 5.74) is -0.269. The van der Waals surface area contributed by atoms with Crippen molar-refractivity contribution >= 4 is 5.91 Å². The molecule has 2 fully saturated rings. The highest BCUT2D eigenvalue weighted by Gasteiger charge is 2.36. The molecule has 0 saturated carbocycles. The van der Waals surface area contributed by atoms with Crippen LogP contribution < -0.4 is 5.32 Å². The minimum absolute atomic E-state index is 0.0126. The van der Waals surface area contributed by atoms with Gasteiger partial charge < -0.3 is 20.1 Å². The van der Waals surface area contributed by atoms with Gasteiger partial charge in [0.1, 0.15) is 11.4 Å². The second-order valence-electron chi connectivity index (χ2n) is 9.16. The van der Waals surface area contributed by atoms with E-state index in [0.717, 1.165) is 44.6 Å². The molecule has 2 saturated heterocycles. The van der Waals surface area contributed by atoms with Gasteiger partial charge in [-0.05, 0) is 76.1 Å². The van der Waals surface area contributed by atoms with Crippen LogP contribution in [-0.4, -0.2) is 60.0 Å². The van der Waals surface area contributed by atoms with Crippen molar-refractivity contribution in [2.75, 3.05) is 32.8 Å². The summed E-state index contributed by atoms with van der Waals surface area (Å²) in [6.07, 6.45) is 2.97. The summed E-state index contributed by atoms with van der Waals surface area (Å²) in [6, 6.07) is 4.69. The number of alkyl halides is 1. The van der Waals surface area contributed by atoms with Crippen LogP contribution in [0.15, 0.2) is 18.2 Å². The van der Waals surface area contributed by atoms with Crippen molar-refractivity contribution in [3.63, 3.8) is 0 Å². The van der Waals surface area contributed by atoms with Crippen molar-refractivity contribution in [1.82, 2.24) is 10.2 Å². The zero-order chi connectivity index (χ0) is 20.4. The van der Waals surface area contributed by atoms with Crippen LogP contribution >= 0.6 is 0 Å². The van der Waals surface area contributed by atoms with Gasteiger partial charge in [-0.2, -0.15) is 0 Å². The number of likely N-dealkylation sites (tertiary alicyclic amines) is 1. The fourth-order valence-corrected chi connectivity index (χ4v) is 4.43. The SMILES string of the molecule is Cc1cc(O)cc(C(=O)NCC2(F)CCN(CC3CCOC(C)(C)C3)CC2)c1. The van der Waals surface area contributed by atoms with E-state index in [-0.39, 0.29) is 23.8 Å². The molecule has 6 heteroatoms. The Morgan fingerprint density at radius 3 is 2.68 bits per heavy atom. The smallest absolute Gasteiger partial charge is 0.251 e. The summed E-state index contributed by atoms with van der Waals surface area (Å²) >= 11 is 0. The molecule has 2 aliphatic heterocycles. The second-order valence-corrected chi connectivity index (χ2v) is 9.16. The van der Waals surface area contributed by atoms with Gasteiger partial charge in [-0.3, -0.25) is 4.79 Å². The second kappa shape index (κ2) is 8.37. The topological polar surface area (TPSA) is 61.8 Å². The third-order valence-electron chi connectivity index (χ3n) is 5.96. The Hall–Kier alpha value is -1.66. The van der Waals surface area contributed by atoms with Crippen molar-refractivity contribution in [3.8, 4) is 5.75 Å². The fraction of sp³-hybridized carbons (Fsp3) is 0.682. The summed E-state index contributed by atoms with van der Waals surface area (Å²) in [4.78, 5) is 14.7. The van der Waals surface area contributed by atoms with E-state index in [4.69, 9.17) is 4.74 Å². The van der Waals surface area contributed by atoms with Crippen LogP contribution in [0.4, 0.5) is 4.39 Å². The molecule has 0 aromatic heterocycles. The van der Waals surface area contributed by atoms with Gasteiger partial charge in [0, 0.05) is 31.8 Å². The maximum atomic E-state index is 15.2. The Morgan fingerprint density at radius 2 is 2.04 bits per heavy atom. The molecule has 0 spiro atoms. The average molecular weight is 393 g/mol. The first kappa shape index (κ1) is 21.1. The summed E-state index contributed by atoms with van der Waals surface area (Å²) in [5, 5.41) is 12.3. The molecule has 3 rings (SSSR count). The molecule has 2 heterocycles. The number of phenols is 1. The lowest BCUT2D eigenvalue weighted by atomic mass is 9.86. The maximum Gasteiger partial charge on any atom is 0.251 e. The van der Waals surface area contributed by atoms with Crippen LogP contribution in [0.1, 0.15) is 55.5 Å². The molecular weight excluding hydrogens is 359 g/mol. The van der Waals surface area contributed by atoms with Gasteiger partial charge in [0.15, 0.2) is 0 Å². The number of phenolic OH excluding ortho intramolecular Hbond substituents is 1. The van der Waals surface area contributed by atoms with Gasteiger partial charge in [-0.25, -0.2) is 4.39 Å². The largest absolute Gasteiger partial charge is 0.508 e. The number of aromatic hydroxyl groups is 1. The Kier molecular flexibility index (Phi) is 6.30. The number of rotatable bonds is 5. The van der Waals surface area contributed by atoms with Crippen molar-refractivity contribution in [3.05, 3.63) is 29.3 Å². The lowest BCUT2D eigenvalue weighted by molar-refractivity contribution is -0.0791. The van der Waals surface area contributed by atoms with Gasteiger partial charge >= 0.3 is 0 Å². The van der Waals surface area contributed by atoms with E-state index in [9.17, 15) is 9.90 Å². The van der Waals surface area contributed by atoms with Crippen LogP contribution in [0, 0.1) is 12.8 Å². The zero-order valence-electron chi connectivity index (χ0n) is 17.3. The van der Waals surface area contributed by atoms with Crippen molar-refractivity contribution in [1.29, 1.82) is 0 Å². The quantitative estimate of drug-likeness (QED) is 0.806. The number of hydrogen-bond donors (Lipinski definition) is 2. The van der Waals surface area contributed by atoms with Gasteiger partial charge in [0.05, 0.1) is 12.1 Å². The first-order valence-electron chi connectivity index (χ1n) is 10.3. The van der Waals surface area contributed by atoms with E-state index in [1.165, 1.54) is 6.07 Å². The molecule has 2 aliphatic rings. The summed E-state index contributed by atoms with van der Waals surface area (Å²) in [7, 11) is 0. The Balaban J connectivity index is 1.46. The molecule has 0 radical (unpaired) electrons. The van der Waals surface area contributed by atoms with Crippen LogP contribution in [0.2, 0.25) is 0 Å². The summed E-state index contributed by atoms with van der Waals surface area (Å²) in [6.45, 7) is 9.33. The average Bonchev–Trinajstić information content (AvgIpc) is 2.60. The van der Waals surface area contributed by atoms with Gasteiger partial charge in [-0.1, -0.05) is 0 Å². The number of carbonyl (C=O) groups is 1. The number of halogens is 1. The highest BCUT2D eigenvalue weighted by molar-refractivity contribution is 5.94. The van der Waals surface area contributed by atoms with Crippen molar-refractivity contribution < 1.29 is 19.0 Å². The molecule has 28 heavy (non-hydrogen) atoms. The van der Waals surface area contributed by atoms with E-state index in [2.05, 4.69) is 24.1 Å². The fourth-order valence-electron chi connectivity index (χ4n) is 4.43. The van der Waals surface area contributed by atoms with Crippen LogP contribution in [0.25, 0.3) is 0 Å². The Bertz CT molecular complexity index is 679. The first-order chi connectivity index (χ1) is 13.1.